The minimum Gasteiger partial charge on any atom is -0.354 e. The molecule has 1 aliphatic heterocycles. The maximum absolute atomic E-state index is 13.3. The van der Waals surface area contributed by atoms with Gasteiger partial charge in [0.1, 0.15) is 17.9 Å². The monoisotopic (exact) mass is 415 g/mol. The molecule has 2 amide bonds. The Morgan fingerprint density at radius 2 is 1.90 bits per heavy atom. The predicted molar refractivity (Wildman–Crippen MR) is 116 cm³/mol. The number of amides is 2. The summed E-state index contributed by atoms with van der Waals surface area (Å²) in [6.07, 6.45) is 0.786. The molecule has 0 aromatic carbocycles. The molecule has 1 N–H and O–H groups in total. The summed E-state index contributed by atoms with van der Waals surface area (Å²) >= 11 is 0. The van der Waals surface area contributed by atoms with Gasteiger partial charge < -0.3 is 14.8 Å². The van der Waals surface area contributed by atoms with Crippen molar-refractivity contribution in [2.24, 2.45) is 5.92 Å². The zero-order valence-corrected chi connectivity index (χ0v) is 19.1. The lowest BCUT2D eigenvalue weighted by Gasteiger charge is -2.22. The van der Waals surface area contributed by atoms with Crippen LogP contribution < -0.4 is 10.9 Å². The fraction of sp³-hybridized carbons (Fsp3) is 0.636. The standard InChI is InChI=1S/C22H33N5O3/c1-8-14(4)25-11-15-19(21(25)30)26(12-17(28)23-10-13(2)3)18-9-16(22(5,6)7)24-27(18)20(15)29/h9,13-14H,8,10-12H2,1-7H3,(H,23,28)/t14-/m0/s1. The number of carbonyl (C=O) groups is 2. The van der Waals surface area contributed by atoms with Gasteiger partial charge in [-0.3, -0.25) is 14.4 Å². The first-order chi connectivity index (χ1) is 14.0. The van der Waals surface area contributed by atoms with Gasteiger partial charge >= 0.3 is 0 Å². The van der Waals surface area contributed by atoms with Crippen LogP contribution in [0.4, 0.5) is 0 Å². The molecule has 0 fully saturated rings. The lowest BCUT2D eigenvalue weighted by molar-refractivity contribution is -0.121. The summed E-state index contributed by atoms with van der Waals surface area (Å²) in [7, 11) is 0. The van der Waals surface area contributed by atoms with Crippen molar-refractivity contribution in [2.75, 3.05) is 6.54 Å². The Kier molecular flexibility index (Phi) is 5.80. The van der Waals surface area contributed by atoms with E-state index in [4.69, 9.17) is 0 Å². The second-order valence-corrected chi connectivity index (χ2v) is 9.66. The minimum absolute atomic E-state index is 0.00461. The maximum Gasteiger partial charge on any atom is 0.280 e. The fourth-order valence-corrected chi connectivity index (χ4v) is 3.61. The van der Waals surface area contributed by atoms with Crippen LogP contribution in [0.15, 0.2) is 10.9 Å². The van der Waals surface area contributed by atoms with E-state index in [1.807, 2.05) is 54.5 Å². The summed E-state index contributed by atoms with van der Waals surface area (Å²) in [4.78, 5) is 40.9. The van der Waals surface area contributed by atoms with Crippen LogP contribution in [0.3, 0.4) is 0 Å². The lowest BCUT2D eigenvalue weighted by atomic mass is 9.93. The summed E-state index contributed by atoms with van der Waals surface area (Å²) in [5, 5.41) is 7.45. The number of carbonyl (C=O) groups excluding carboxylic acids is 2. The third-order valence-corrected chi connectivity index (χ3v) is 5.67. The van der Waals surface area contributed by atoms with E-state index in [9.17, 15) is 14.4 Å². The quantitative estimate of drug-likeness (QED) is 0.784. The first-order valence-electron chi connectivity index (χ1n) is 10.7. The number of hydrogen-bond donors (Lipinski definition) is 1. The number of nitrogens with zero attached hydrogens (tertiary/aromatic N) is 4. The summed E-state index contributed by atoms with van der Waals surface area (Å²) in [5.74, 6) is -0.0717. The Hall–Kier alpha value is -2.64. The highest BCUT2D eigenvalue weighted by Crippen LogP contribution is 2.27. The molecule has 164 valence electrons. The molecular formula is C22H33N5O3. The summed E-state index contributed by atoms with van der Waals surface area (Å²) in [5.41, 5.74) is 1.39. The normalized spacial score (nSPS) is 15.2. The topological polar surface area (TPSA) is 88.7 Å². The van der Waals surface area contributed by atoms with E-state index in [0.717, 1.165) is 12.1 Å². The molecule has 0 radical (unpaired) electrons. The van der Waals surface area contributed by atoms with Gasteiger partial charge in [-0.25, -0.2) is 0 Å². The highest BCUT2D eigenvalue weighted by atomic mass is 16.2. The third kappa shape index (κ3) is 3.87. The molecule has 1 aliphatic rings. The van der Waals surface area contributed by atoms with E-state index in [1.54, 1.807) is 9.47 Å². The lowest BCUT2D eigenvalue weighted by Crippen LogP contribution is -2.35. The Balaban J connectivity index is 2.18. The van der Waals surface area contributed by atoms with Crippen LogP contribution in [0.2, 0.25) is 0 Å². The molecule has 8 heteroatoms. The van der Waals surface area contributed by atoms with E-state index in [2.05, 4.69) is 10.4 Å². The van der Waals surface area contributed by atoms with E-state index < -0.39 is 0 Å². The Labute approximate surface area is 177 Å². The molecule has 3 rings (SSSR count). The van der Waals surface area contributed by atoms with Crippen LogP contribution in [0, 0.1) is 5.92 Å². The summed E-state index contributed by atoms with van der Waals surface area (Å²) < 4.78 is 3.02. The highest BCUT2D eigenvalue weighted by molar-refractivity contribution is 5.98. The van der Waals surface area contributed by atoms with Gasteiger partial charge in [-0.1, -0.05) is 41.5 Å². The molecule has 3 heterocycles. The van der Waals surface area contributed by atoms with Crippen molar-refractivity contribution < 1.29 is 9.59 Å². The number of fused-ring (bicyclic) bond motifs is 2. The molecule has 0 unspecified atom stereocenters. The second-order valence-electron chi connectivity index (χ2n) is 9.66. The molecule has 2 aromatic rings. The van der Waals surface area contributed by atoms with E-state index >= 15 is 0 Å². The van der Waals surface area contributed by atoms with Gasteiger partial charge in [0.25, 0.3) is 11.5 Å². The zero-order chi connectivity index (χ0) is 22.4. The molecule has 30 heavy (non-hydrogen) atoms. The van der Waals surface area contributed by atoms with Crippen molar-refractivity contribution in [3.8, 4) is 0 Å². The SMILES string of the molecule is CC[C@H](C)N1Cc2c(n(CC(=O)NCC(C)C)c3cc(C(C)(C)C)nn3c2=O)C1=O. The van der Waals surface area contributed by atoms with Gasteiger partial charge in [-0.15, -0.1) is 0 Å². The third-order valence-electron chi connectivity index (χ3n) is 5.67. The number of rotatable bonds is 6. The molecule has 0 bridgehead atoms. The molecule has 0 saturated heterocycles. The van der Waals surface area contributed by atoms with Crippen molar-refractivity contribution in [3.05, 3.63) is 33.4 Å². The van der Waals surface area contributed by atoms with Gasteiger partial charge in [0.2, 0.25) is 5.91 Å². The van der Waals surface area contributed by atoms with Crippen molar-refractivity contribution in [1.82, 2.24) is 24.4 Å². The van der Waals surface area contributed by atoms with Crippen LogP contribution in [-0.2, 0) is 23.3 Å². The Morgan fingerprint density at radius 1 is 1.23 bits per heavy atom. The largest absolute Gasteiger partial charge is 0.354 e. The Bertz CT molecular complexity index is 1040. The molecule has 2 aromatic heterocycles. The van der Waals surface area contributed by atoms with E-state index in [0.29, 0.717) is 29.4 Å². The van der Waals surface area contributed by atoms with Crippen molar-refractivity contribution in [2.45, 2.75) is 79.4 Å². The van der Waals surface area contributed by atoms with Crippen LogP contribution in [-0.4, -0.2) is 43.5 Å². The van der Waals surface area contributed by atoms with Crippen molar-refractivity contribution in [3.63, 3.8) is 0 Å². The Morgan fingerprint density at radius 3 is 2.47 bits per heavy atom. The van der Waals surface area contributed by atoms with Gasteiger partial charge in [0.05, 0.1) is 17.8 Å². The van der Waals surface area contributed by atoms with E-state index in [1.165, 1.54) is 4.52 Å². The molecule has 0 spiro atoms. The molecule has 8 nitrogen and oxygen atoms in total. The fourth-order valence-electron chi connectivity index (χ4n) is 3.61. The van der Waals surface area contributed by atoms with Crippen molar-refractivity contribution >= 4 is 17.5 Å². The maximum atomic E-state index is 13.3. The number of hydrogen-bond acceptors (Lipinski definition) is 4. The van der Waals surface area contributed by atoms with Crippen molar-refractivity contribution in [1.29, 1.82) is 0 Å². The average Bonchev–Trinajstić information content (AvgIpc) is 3.25. The molecule has 0 aliphatic carbocycles. The molecule has 1 atom stereocenters. The zero-order valence-electron chi connectivity index (χ0n) is 19.1. The van der Waals surface area contributed by atoms with Gasteiger partial charge in [-0.05, 0) is 19.3 Å². The summed E-state index contributed by atoms with van der Waals surface area (Å²) in [6.45, 7) is 14.8. The second kappa shape index (κ2) is 7.89. The molecule has 0 saturated carbocycles. The predicted octanol–water partition coefficient (Wildman–Crippen LogP) is 2.32. The number of aromatic nitrogens is 3. The first kappa shape index (κ1) is 22.1. The van der Waals surface area contributed by atoms with Gasteiger partial charge in [0.15, 0.2) is 0 Å². The molecular weight excluding hydrogens is 382 g/mol. The van der Waals surface area contributed by atoms with Crippen LogP contribution in [0.1, 0.15) is 76.6 Å². The van der Waals surface area contributed by atoms with E-state index in [-0.39, 0.29) is 41.9 Å². The van der Waals surface area contributed by atoms with Crippen LogP contribution in [0.5, 0.6) is 0 Å². The van der Waals surface area contributed by atoms with Gasteiger partial charge in [-0.2, -0.15) is 9.61 Å². The smallest absolute Gasteiger partial charge is 0.280 e. The van der Waals surface area contributed by atoms with Gasteiger partial charge in [0, 0.05) is 24.1 Å². The average molecular weight is 416 g/mol. The summed E-state index contributed by atoms with van der Waals surface area (Å²) in [6, 6.07) is 1.82. The van der Waals surface area contributed by atoms with Crippen LogP contribution in [0.25, 0.3) is 5.65 Å². The number of nitrogens with one attached hydrogen (secondary N) is 1. The van der Waals surface area contributed by atoms with Crippen LogP contribution >= 0.6 is 0 Å². The minimum atomic E-state index is -0.284. The highest BCUT2D eigenvalue weighted by Gasteiger charge is 2.37. The first-order valence-corrected chi connectivity index (χ1v) is 10.7.